The number of carboxylic acids is 1. The van der Waals surface area contributed by atoms with Gasteiger partial charge in [-0.25, -0.2) is 0 Å². The van der Waals surface area contributed by atoms with Gasteiger partial charge in [0.25, 0.3) is 0 Å². The molecular weight excluding hydrogens is 208 g/mol. The highest BCUT2D eigenvalue weighted by Gasteiger charge is 2.08. The van der Waals surface area contributed by atoms with Gasteiger partial charge in [-0.15, -0.1) is 0 Å². The lowest BCUT2D eigenvalue weighted by atomic mass is 10.1. The lowest BCUT2D eigenvalue weighted by Gasteiger charge is -2.14. The second kappa shape index (κ2) is 10.3. The first-order valence-corrected chi connectivity index (χ1v) is 7.09. The van der Waals surface area contributed by atoms with Crippen molar-refractivity contribution in [2.75, 3.05) is 5.75 Å². The van der Waals surface area contributed by atoms with Crippen molar-refractivity contribution in [3.8, 4) is 0 Å². The molecule has 2 nitrogen and oxygen atoms in total. The molecule has 0 aliphatic carbocycles. The summed E-state index contributed by atoms with van der Waals surface area (Å²) in [5.41, 5.74) is 0. The Balaban J connectivity index is 3.57. The quantitative estimate of drug-likeness (QED) is 0.580. The second-order valence-corrected chi connectivity index (χ2v) is 5.33. The second-order valence-electron chi connectivity index (χ2n) is 3.92. The first-order valence-electron chi connectivity index (χ1n) is 6.04. The summed E-state index contributed by atoms with van der Waals surface area (Å²) in [5.74, 6) is 0.567. The highest BCUT2D eigenvalue weighted by molar-refractivity contribution is 7.99. The summed E-state index contributed by atoms with van der Waals surface area (Å²) < 4.78 is 0. The standard InChI is InChI=1S/C12H24O2S/c1-3-5-10-15-11(7-4-2)8-6-9-12(13)14/h11H,3-10H2,1-2H3,(H,13,14). The Morgan fingerprint density at radius 1 is 1.20 bits per heavy atom. The van der Waals surface area contributed by atoms with Gasteiger partial charge in [0, 0.05) is 11.7 Å². The molecule has 3 heteroatoms. The number of hydrogen-bond acceptors (Lipinski definition) is 2. The maximum atomic E-state index is 10.4. The number of carbonyl (C=O) groups is 1. The van der Waals surface area contributed by atoms with Gasteiger partial charge in [-0.3, -0.25) is 4.79 Å². The first kappa shape index (κ1) is 14.8. The fraction of sp³-hybridized carbons (Fsp3) is 0.917. The minimum absolute atomic E-state index is 0.328. The van der Waals surface area contributed by atoms with E-state index in [2.05, 4.69) is 13.8 Å². The zero-order valence-electron chi connectivity index (χ0n) is 10.00. The summed E-state index contributed by atoms with van der Waals surface area (Å²) >= 11 is 2.03. The molecule has 0 amide bonds. The van der Waals surface area contributed by atoms with Crippen LogP contribution >= 0.6 is 11.8 Å². The van der Waals surface area contributed by atoms with Crippen LogP contribution in [0.15, 0.2) is 0 Å². The first-order chi connectivity index (χ1) is 7.20. The molecule has 0 spiro atoms. The zero-order valence-corrected chi connectivity index (χ0v) is 10.8. The van der Waals surface area contributed by atoms with Crippen LogP contribution in [0, 0.1) is 0 Å². The predicted molar refractivity (Wildman–Crippen MR) is 67.5 cm³/mol. The van der Waals surface area contributed by atoms with E-state index in [1.807, 2.05) is 11.8 Å². The van der Waals surface area contributed by atoms with E-state index in [0.717, 1.165) is 12.8 Å². The molecule has 0 saturated carbocycles. The normalized spacial score (nSPS) is 12.7. The third-order valence-corrected chi connectivity index (χ3v) is 3.85. The average Bonchev–Trinajstić information content (AvgIpc) is 2.17. The molecular formula is C12H24O2S. The van der Waals surface area contributed by atoms with E-state index in [9.17, 15) is 4.79 Å². The van der Waals surface area contributed by atoms with Crippen molar-refractivity contribution >= 4 is 17.7 Å². The maximum Gasteiger partial charge on any atom is 0.303 e. The van der Waals surface area contributed by atoms with Crippen LogP contribution < -0.4 is 0 Å². The number of aliphatic carboxylic acids is 1. The number of hydrogen-bond donors (Lipinski definition) is 1. The summed E-state index contributed by atoms with van der Waals surface area (Å²) in [4.78, 5) is 10.4. The van der Waals surface area contributed by atoms with Gasteiger partial charge >= 0.3 is 5.97 Å². The third kappa shape index (κ3) is 10.1. The molecule has 1 atom stereocenters. The van der Waals surface area contributed by atoms with Crippen LogP contribution in [0.5, 0.6) is 0 Å². The maximum absolute atomic E-state index is 10.4. The number of unbranched alkanes of at least 4 members (excludes halogenated alkanes) is 1. The van der Waals surface area contributed by atoms with E-state index in [1.54, 1.807) is 0 Å². The largest absolute Gasteiger partial charge is 0.481 e. The topological polar surface area (TPSA) is 37.3 Å². The third-order valence-electron chi connectivity index (χ3n) is 2.38. The highest BCUT2D eigenvalue weighted by Crippen LogP contribution is 2.23. The van der Waals surface area contributed by atoms with Gasteiger partial charge in [-0.1, -0.05) is 26.7 Å². The van der Waals surface area contributed by atoms with E-state index in [-0.39, 0.29) is 0 Å². The van der Waals surface area contributed by atoms with Crippen molar-refractivity contribution in [2.24, 2.45) is 0 Å². The van der Waals surface area contributed by atoms with Crippen LogP contribution in [0.3, 0.4) is 0 Å². The summed E-state index contributed by atoms with van der Waals surface area (Å²) in [6, 6.07) is 0. The minimum Gasteiger partial charge on any atom is -0.481 e. The predicted octanol–water partition coefficient (Wildman–Crippen LogP) is 3.94. The Hall–Kier alpha value is -0.180. The van der Waals surface area contributed by atoms with Gasteiger partial charge in [-0.05, 0) is 31.4 Å². The van der Waals surface area contributed by atoms with Crippen molar-refractivity contribution in [2.45, 2.75) is 64.0 Å². The van der Waals surface area contributed by atoms with Crippen LogP contribution in [0.25, 0.3) is 0 Å². The molecule has 1 unspecified atom stereocenters. The number of thioether (sulfide) groups is 1. The summed E-state index contributed by atoms with van der Waals surface area (Å²) in [5, 5.41) is 9.24. The molecule has 0 radical (unpaired) electrons. The molecule has 0 aliphatic heterocycles. The summed E-state index contributed by atoms with van der Waals surface area (Å²) in [7, 11) is 0. The van der Waals surface area contributed by atoms with Crippen molar-refractivity contribution < 1.29 is 9.90 Å². The van der Waals surface area contributed by atoms with E-state index in [0.29, 0.717) is 11.7 Å². The Labute approximate surface area is 97.8 Å². The Morgan fingerprint density at radius 3 is 2.47 bits per heavy atom. The van der Waals surface area contributed by atoms with Gasteiger partial charge in [-0.2, -0.15) is 11.8 Å². The molecule has 90 valence electrons. The molecule has 0 heterocycles. The number of rotatable bonds is 10. The van der Waals surface area contributed by atoms with Crippen LogP contribution in [0.2, 0.25) is 0 Å². The molecule has 0 fully saturated rings. The lowest BCUT2D eigenvalue weighted by molar-refractivity contribution is -0.137. The Kier molecular flexibility index (Phi) is 10.2. The minimum atomic E-state index is -0.663. The molecule has 0 bridgehead atoms. The number of carboxylic acid groups (broad SMARTS) is 1. The molecule has 15 heavy (non-hydrogen) atoms. The van der Waals surface area contributed by atoms with Crippen molar-refractivity contribution in [1.29, 1.82) is 0 Å². The van der Waals surface area contributed by atoms with Gasteiger partial charge in [0.2, 0.25) is 0 Å². The van der Waals surface area contributed by atoms with Crippen LogP contribution in [-0.2, 0) is 4.79 Å². The van der Waals surface area contributed by atoms with Crippen LogP contribution in [0.4, 0.5) is 0 Å². The SMILES string of the molecule is CCCCSC(CCC)CCCC(=O)O. The van der Waals surface area contributed by atoms with E-state index in [1.165, 1.54) is 31.4 Å². The van der Waals surface area contributed by atoms with Gasteiger partial charge in [0.1, 0.15) is 0 Å². The van der Waals surface area contributed by atoms with Crippen LogP contribution in [0.1, 0.15) is 58.8 Å². The van der Waals surface area contributed by atoms with E-state index < -0.39 is 5.97 Å². The Bertz CT molecular complexity index is 160. The Morgan fingerprint density at radius 2 is 1.93 bits per heavy atom. The summed E-state index contributed by atoms with van der Waals surface area (Å²) in [6.07, 6.45) is 7.19. The highest BCUT2D eigenvalue weighted by atomic mass is 32.2. The fourth-order valence-electron chi connectivity index (χ4n) is 1.51. The van der Waals surface area contributed by atoms with Gasteiger partial charge in [0.15, 0.2) is 0 Å². The van der Waals surface area contributed by atoms with Gasteiger partial charge < -0.3 is 5.11 Å². The smallest absolute Gasteiger partial charge is 0.303 e. The molecule has 1 N–H and O–H groups in total. The van der Waals surface area contributed by atoms with E-state index in [4.69, 9.17) is 5.11 Å². The summed E-state index contributed by atoms with van der Waals surface area (Å²) in [6.45, 7) is 4.41. The van der Waals surface area contributed by atoms with Gasteiger partial charge in [0.05, 0.1) is 0 Å². The zero-order chi connectivity index (χ0) is 11.5. The molecule has 0 rings (SSSR count). The monoisotopic (exact) mass is 232 g/mol. The molecule has 0 aliphatic rings. The van der Waals surface area contributed by atoms with Crippen LogP contribution in [-0.4, -0.2) is 22.1 Å². The average molecular weight is 232 g/mol. The molecule has 0 aromatic rings. The molecule has 0 aromatic carbocycles. The molecule has 0 aromatic heterocycles. The fourth-order valence-corrected chi connectivity index (χ4v) is 3.03. The lowest BCUT2D eigenvalue weighted by Crippen LogP contribution is -2.05. The van der Waals surface area contributed by atoms with Crippen molar-refractivity contribution in [1.82, 2.24) is 0 Å². The van der Waals surface area contributed by atoms with Crippen molar-refractivity contribution in [3.05, 3.63) is 0 Å². The van der Waals surface area contributed by atoms with E-state index >= 15 is 0 Å². The van der Waals surface area contributed by atoms with Crippen molar-refractivity contribution in [3.63, 3.8) is 0 Å². The molecule has 0 saturated heterocycles.